The Hall–Kier alpha value is -1.59. The zero-order valence-corrected chi connectivity index (χ0v) is 13.7. The van der Waals surface area contributed by atoms with Gasteiger partial charge in [0.2, 0.25) is 5.91 Å². The maximum Gasteiger partial charge on any atom is 0.239 e. The first kappa shape index (κ1) is 16.8. The molecule has 0 radical (unpaired) electrons. The highest BCUT2D eigenvalue weighted by Gasteiger charge is 2.12. The van der Waals surface area contributed by atoms with Gasteiger partial charge >= 0.3 is 0 Å². The van der Waals surface area contributed by atoms with Crippen molar-refractivity contribution >= 4 is 11.6 Å². The van der Waals surface area contributed by atoms with Crippen LogP contribution in [0.4, 0.5) is 5.69 Å². The molecular weight excluding hydrogens is 278 g/mol. The van der Waals surface area contributed by atoms with E-state index in [1.807, 2.05) is 6.07 Å². The third-order valence-electron chi connectivity index (χ3n) is 3.94. The Labute approximate surface area is 133 Å². The minimum atomic E-state index is 0.0802. The van der Waals surface area contributed by atoms with Crippen molar-refractivity contribution in [3.05, 3.63) is 29.8 Å². The molecule has 1 amide bonds. The number of nitrogens with one attached hydrogen (secondary N) is 1. The van der Waals surface area contributed by atoms with E-state index in [2.05, 4.69) is 47.2 Å². The quantitative estimate of drug-likeness (QED) is 0.824. The van der Waals surface area contributed by atoms with Crippen molar-refractivity contribution in [2.75, 3.05) is 57.4 Å². The summed E-state index contributed by atoms with van der Waals surface area (Å²) in [6.45, 7) is 10.5. The lowest BCUT2D eigenvalue weighted by atomic mass is 10.2. The zero-order chi connectivity index (χ0) is 15.8. The average molecular weight is 305 g/mol. The minimum Gasteiger partial charge on any atom is -0.379 e. The summed E-state index contributed by atoms with van der Waals surface area (Å²) in [7, 11) is 0. The Kier molecular flexibility index (Phi) is 6.68. The Morgan fingerprint density at radius 3 is 2.82 bits per heavy atom. The van der Waals surface area contributed by atoms with E-state index in [1.54, 1.807) is 0 Å². The Morgan fingerprint density at radius 1 is 1.36 bits per heavy atom. The number of anilines is 1. The maximum absolute atomic E-state index is 12.1. The molecule has 1 saturated heterocycles. The lowest BCUT2D eigenvalue weighted by molar-refractivity contribution is -0.119. The van der Waals surface area contributed by atoms with E-state index in [4.69, 9.17) is 4.74 Å². The normalized spacial score (nSPS) is 15.5. The molecule has 1 heterocycles. The largest absolute Gasteiger partial charge is 0.379 e. The number of carbonyl (C=O) groups excluding carboxylic acids is 1. The number of morpholine rings is 1. The summed E-state index contributed by atoms with van der Waals surface area (Å²) >= 11 is 0. The fourth-order valence-corrected chi connectivity index (χ4v) is 2.62. The van der Waals surface area contributed by atoms with Gasteiger partial charge in [0.1, 0.15) is 0 Å². The lowest BCUT2D eigenvalue weighted by Gasteiger charge is -2.27. The van der Waals surface area contributed by atoms with Crippen LogP contribution in [0.15, 0.2) is 24.3 Å². The van der Waals surface area contributed by atoms with Crippen LogP contribution >= 0.6 is 0 Å². The number of hydrogen-bond acceptors (Lipinski definition) is 4. The van der Waals surface area contributed by atoms with Crippen molar-refractivity contribution in [2.24, 2.45) is 0 Å². The lowest BCUT2D eigenvalue weighted by Crippen LogP contribution is -2.43. The standard InChI is InChI=1S/C17H27N3O2/c1-3-20(16-6-4-5-15(2)13-16)14-17(21)18-7-8-19-9-11-22-12-10-19/h4-6,13H,3,7-12,14H2,1-2H3,(H,18,21). The molecule has 0 aliphatic carbocycles. The van der Waals surface area contributed by atoms with Gasteiger partial charge in [0.15, 0.2) is 0 Å². The molecule has 5 heteroatoms. The first-order chi connectivity index (χ1) is 10.7. The molecule has 0 aromatic heterocycles. The number of hydrogen-bond donors (Lipinski definition) is 1. The number of ether oxygens (including phenoxy) is 1. The van der Waals surface area contributed by atoms with Gasteiger partial charge in [0.05, 0.1) is 19.8 Å². The van der Waals surface area contributed by atoms with Gasteiger partial charge in [-0.2, -0.15) is 0 Å². The van der Waals surface area contributed by atoms with Crippen LogP contribution in [-0.4, -0.2) is 63.3 Å². The molecule has 5 nitrogen and oxygen atoms in total. The summed E-state index contributed by atoms with van der Waals surface area (Å²) < 4.78 is 5.32. The summed E-state index contributed by atoms with van der Waals surface area (Å²) in [5.74, 6) is 0.0802. The van der Waals surface area contributed by atoms with Crippen molar-refractivity contribution in [2.45, 2.75) is 13.8 Å². The van der Waals surface area contributed by atoms with Crippen molar-refractivity contribution in [1.82, 2.24) is 10.2 Å². The summed E-state index contributed by atoms with van der Waals surface area (Å²) in [5.41, 5.74) is 2.31. The third kappa shape index (κ3) is 5.31. The summed E-state index contributed by atoms with van der Waals surface area (Å²) in [6, 6.07) is 8.27. The highest BCUT2D eigenvalue weighted by atomic mass is 16.5. The predicted molar refractivity (Wildman–Crippen MR) is 89.3 cm³/mol. The van der Waals surface area contributed by atoms with Gasteiger partial charge in [-0.3, -0.25) is 9.69 Å². The topological polar surface area (TPSA) is 44.8 Å². The summed E-state index contributed by atoms with van der Waals surface area (Å²) in [5, 5.41) is 3.02. The SMILES string of the molecule is CCN(CC(=O)NCCN1CCOCC1)c1cccc(C)c1. The van der Waals surface area contributed by atoms with Crippen LogP contribution in [0.1, 0.15) is 12.5 Å². The fraction of sp³-hybridized carbons (Fsp3) is 0.588. The summed E-state index contributed by atoms with van der Waals surface area (Å²) in [4.78, 5) is 16.5. The first-order valence-electron chi connectivity index (χ1n) is 8.07. The smallest absolute Gasteiger partial charge is 0.239 e. The minimum absolute atomic E-state index is 0.0802. The first-order valence-corrected chi connectivity index (χ1v) is 8.07. The molecule has 1 aliphatic rings. The molecule has 1 fully saturated rings. The van der Waals surface area contributed by atoms with Crippen LogP contribution in [-0.2, 0) is 9.53 Å². The van der Waals surface area contributed by atoms with Gasteiger partial charge in [-0.25, -0.2) is 0 Å². The van der Waals surface area contributed by atoms with Crippen LogP contribution in [0.25, 0.3) is 0 Å². The molecule has 2 rings (SSSR count). The molecule has 0 unspecified atom stereocenters. The third-order valence-corrected chi connectivity index (χ3v) is 3.94. The van der Waals surface area contributed by atoms with Gasteiger partial charge in [0.25, 0.3) is 0 Å². The molecular formula is C17H27N3O2. The van der Waals surface area contributed by atoms with Gasteiger partial charge in [-0.05, 0) is 31.5 Å². The molecule has 0 bridgehead atoms. The second kappa shape index (κ2) is 8.76. The van der Waals surface area contributed by atoms with Crippen LogP contribution in [0.5, 0.6) is 0 Å². The molecule has 122 valence electrons. The van der Waals surface area contributed by atoms with Crippen LogP contribution in [0.3, 0.4) is 0 Å². The predicted octanol–water partition coefficient (Wildman–Crippen LogP) is 1.27. The number of amides is 1. The van der Waals surface area contributed by atoms with Crippen molar-refractivity contribution < 1.29 is 9.53 Å². The molecule has 1 aliphatic heterocycles. The van der Waals surface area contributed by atoms with Crippen LogP contribution in [0.2, 0.25) is 0 Å². The molecule has 22 heavy (non-hydrogen) atoms. The van der Waals surface area contributed by atoms with Crippen molar-refractivity contribution in [1.29, 1.82) is 0 Å². The number of benzene rings is 1. The van der Waals surface area contributed by atoms with E-state index >= 15 is 0 Å². The molecule has 0 spiro atoms. The molecule has 0 saturated carbocycles. The second-order valence-electron chi connectivity index (χ2n) is 5.66. The Balaban J connectivity index is 1.74. The molecule has 1 N–H and O–H groups in total. The van der Waals surface area contributed by atoms with E-state index in [1.165, 1.54) is 5.56 Å². The van der Waals surface area contributed by atoms with Gasteiger partial charge in [-0.1, -0.05) is 12.1 Å². The summed E-state index contributed by atoms with van der Waals surface area (Å²) in [6.07, 6.45) is 0. The van der Waals surface area contributed by atoms with Crippen LogP contribution < -0.4 is 10.2 Å². The Morgan fingerprint density at radius 2 is 2.14 bits per heavy atom. The van der Waals surface area contributed by atoms with E-state index < -0.39 is 0 Å². The van der Waals surface area contributed by atoms with E-state index in [-0.39, 0.29) is 5.91 Å². The highest BCUT2D eigenvalue weighted by Crippen LogP contribution is 2.15. The molecule has 0 atom stereocenters. The molecule has 1 aromatic rings. The number of rotatable bonds is 7. The highest BCUT2D eigenvalue weighted by molar-refractivity contribution is 5.81. The van der Waals surface area contributed by atoms with E-state index in [9.17, 15) is 4.79 Å². The Bertz CT molecular complexity index is 473. The number of carbonyl (C=O) groups is 1. The monoisotopic (exact) mass is 305 g/mol. The van der Waals surface area contributed by atoms with Gasteiger partial charge in [0, 0.05) is 38.4 Å². The molecule has 1 aromatic carbocycles. The van der Waals surface area contributed by atoms with Crippen LogP contribution in [0, 0.1) is 6.92 Å². The second-order valence-corrected chi connectivity index (χ2v) is 5.66. The average Bonchev–Trinajstić information content (AvgIpc) is 2.53. The zero-order valence-electron chi connectivity index (χ0n) is 13.7. The van der Waals surface area contributed by atoms with Crippen molar-refractivity contribution in [3.63, 3.8) is 0 Å². The number of likely N-dealkylation sites (N-methyl/N-ethyl adjacent to an activating group) is 1. The van der Waals surface area contributed by atoms with Gasteiger partial charge in [-0.15, -0.1) is 0 Å². The fourth-order valence-electron chi connectivity index (χ4n) is 2.62. The number of aryl methyl sites for hydroxylation is 1. The maximum atomic E-state index is 12.1. The van der Waals surface area contributed by atoms with Crippen molar-refractivity contribution in [3.8, 4) is 0 Å². The van der Waals surface area contributed by atoms with E-state index in [0.717, 1.165) is 45.1 Å². The van der Waals surface area contributed by atoms with E-state index in [0.29, 0.717) is 13.1 Å². The van der Waals surface area contributed by atoms with Gasteiger partial charge < -0.3 is 15.0 Å². The number of nitrogens with zero attached hydrogens (tertiary/aromatic N) is 2.